The molecule has 0 bridgehead atoms. The molecular weight excluding hydrogens is 258 g/mol. The van der Waals surface area contributed by atoms with Crippen molar-refractivity contribution in [2.24, 2.45) is 0 Å². The second-order valence-corrected chi connectivity index (χ2v) is 5.19. The summed E-state index contributed by atoms with van der Waals surface area (Å²) in [6.45, 7) is 2.65. The lowest BCUT2D eigenvalue weighted by atomic mass is 10.1. The quantitative estimate of drug-likeness (QED) is 0.795. The number of allylic oxidation sites excluding steroid dienone is 3. The number of ether oxygens (including phenoxy) is 3. The van der Waals surface area contributed by atoms with Gasteiger partial charge in [0.2, 0.25) is 0 Å². The van der Waals surface area contributed by atoms with Crippen LogP contribution in [0, 0.1) is 0 Å². The molecule has 1 aliphatic heterocycles. The van der Waals surface area contributed by atoms with Crippen LogP contribution in [0.5, 0.6) is 0 Å². The highest BCUT2D eigenvalue weighted by molar-refractivity contribution is 5.76. The van der Waals surface area contributed by atoms with Crippen molar-refractivity contribution in [2.45, 2.75) is 44.4 Å². The topological polar surface area (TPSA) is 56.8 Å². The van der Waals surface area contributed by atoms with E-state index in [1.165, 1.54) is 0 Å². The number of nitrogens with one attached hydrogen (secondary N) is 1. The minimum Gasteiger partial charge on any atom is -0.488 e. The second-order valence-electron chi connectivity index (χ2n) is 5.19. The minimum atomic E-state index is -0.412. The fourth-order valence-electron chi connectivity index (χ4n) is 2.30. The van der Waals surface area contributed by atoms with Crippen LogP contribution in [0.2, 0.25) is 0 Å². The Kier molecular flexibility index (Phi) is 5.61. The van der Waals surface area contributed by atoms with Gasteiger partial charge in [-0.1, -0.05) is 6.08 Å². The highest BCUT2D eigenvalue weighted by Gasteiger charge is 2.26. The molecule has 5 heteroatoms. The van der Waals surface area contributed by atoms with Gasteiger partial charge in [0.1, 0.15) is 24.0 Å². The van der Waals surface area contributed by atoms with Crippen LogP contribution in [0.3, 0.4) is 0 Å². The molecule has 1 saturated heterocycles. The summed E-state index contributed by atoms with van der Waals surface area (Å²) in [5.74, 6) is 0.616. The number of cyclic esters (lactones) is 1. The van der Waals surface area contributed by atoms with Gasteiger partial charge in [-0.25, -0.2) is 0 Å². The molecule has 0 aromatic rings. The van der Waals surface area contributed by atoms with Gasteiger partial charge in [0.25, 0.3) is 0 Å². The number of rotatable bonds is 3. The lowest BCUT2D eigenvalue weighted by Gasteiger charge is -2.22. The summed E-state index contributed by atoms with van der Waals surface area (Å²) in [7, 11) is 1.73. The lowest BCUT2D eigenvalue weighted by molar-refractivity contribution is -0.151. The molecule has 112 valence electrons. The molecule has 0 spiro atoms. The van der Waals surface area contributed by atoms with E-state index in [1.807, 2.05) is 13.0 Å². The lowest BCUT2D eigenvalue weighted by Crippen LogP contribution is -2.40. The monoisotopic (exact) mass is 281 g/mol. The Balaban J connectivity index is 1.95. The van der Waals surface area contributed by atoms with Crippen molar-refractivity contribution in [3.8, 4) is 0 Å². The highest BCUT2D eigenvalue weighted by Crippen LogP contribution is 2.18. The first kappa shape index (κ1) is 15.1. The van der Waals surface area contributed by atoms with E-state index in [4.69, 9.17) is 14.2 Å². The number of hydrogen-bond acceptors (Lipinski definition) is 5. The SMILES string of the molecule is CN[C@H]1COCC(OC2=CCCC=C2)CC(C)OC1=O. The Morgan fingerprint density at radius 2 is 2.20 bits per heavy atom. The van der Waals surface area contributed by atoms with Crippen molar-refractivity contribution in [2.75, 3.05) is 20.3 Å². The van der Waals surface area contributed by atoms with Crippen LogP contribution in [-0.4, -0.2) is 44.5 Å². The third-order valence-corrected chi connectivity index (χ3v) is 3.40. The van der Waals surface area contributed by atoms with E-state index in [0.717, 1.165) is 18.6 Å². The van der Waals surface area contributed by atoms with Gasteiger partial charge in [-0.15, -0.1) is 0 Å². The van der Waals surface area contributed by atoms with Gasteiger partial charge in [-0.3, -0.25) is 4.79 Å². The molecule has 2 aliphatic rings. The second kappa shape index (κ2) is 7.45. The molecular formula is C15H23NO4. The van der Waals surface area contributed by atoms with E-state index in [0.29, 0.717) is 19.6 Å². The summed E-state index contributed by atoms with van der Waals surface area (Å²) in [6, 6.07) is -0.412. The molecule has 2 unspecified atom stereocenters. The predicted octanol–water partition coefficient (Wildman–Crippen LogP) is 1.55. The molecule has 3 atom stereocenters. The predicted molar refractivity (Wildman–Crippen MR) is 75.2 cm³/mol. The molecule has 0 aromatic heterocycles. The van der Waals surface area contributed by atoms with E-state index in [2.05, 4.69) is 17.5 Å². The van der Waals surface area contributed by atoms with Gasteiger partial charge in [0, 0.05) is 6.42 Å². The summed E-state index contributed by atoms with van der Waals surface area (Å²) in [5.41, 5.74) is 0. The van der Waals surface area contributed by atoms with Gasteiger partial charge in [-0.2, -0.15) is 0 Å². The van der Waals surface area contributed by atoms with Crippen molar-refractivity contribution < 1.29 is 19.0 Å². The van der Waals surface area contributed by atoms with Crippen LogP contribution >= 0.6 is 0 Å². The van der Waals surface area contributed by atoms with E-state index in [1.54, 1.807) is 7.05 Å². The fraction of sp³-hybridized carbons (Fsp3) is 0.667. The fourth-order valence-corrected chi connectivity index (χ4v) is 2.30. The minimum absolute atomic E-state index is 0.0950. The van der Waals surface area contributed by atoms with E-state index < -0.39 is 6.04 Å². The number of hydrogen-bond donors (Lipinski definition) is 1. The zero-order valence-electron chi connectivity index (χ0n) is 12.1. The summed E-state index contributed by atoms with van der Waals surface area (Å²) in [6.07, 6.45) is 8.60. The first-order valence-corrected chi connectivity index (χ1v) is 7.18. The molecule has 0 radical (unpaired) electrons. The zero-order valence-corrected chi connectivity index (χ0v) is 12.1. The normalized spacial score (nSPS) is 31.6. The maximum absolute atomic E-state index is 11.8. The standard InChI is InChI=1S/C15H23NO4/c1-11-8-13(20-12-6-4-3-5-7-12)9-18-10-14(16-2)15(17)19-11/h4,6-7,11,13-14,16H,3,5,8-10H2,1-2H3/t11?,13?,14-/m0/s1. The first-order valence-electron chi connectivity index (χ1n) is 7.18. The first-order chi connectivity index (χ1) is 9.69. The van der Waals surface area contributed by atoms with Crippen molar-refractivity contribution in [3.05, 3.63) is 24.0 Å². The van der Waals surface area contributed by atoms with Crippen molar-refractivity contribution in [3.63, 3.8) is 0 Å². The number of carbonyl (C=O) groups is 1. The molecule has 1 fully saturated rings. The van der Waals surface area contributed by atoms with Crippen molar-refractivity contribution in [1.82, 2.24) is 5.32 Å². The maximum Gasteiger partial charge on any atom is 0.325 e. The Morgan fingerprint density at radius 3 is 2.90 bits per heavy atom. The molecule has 0 saturated carbocycles. The maximum atomic E-state index is 11.8. The van der Waals surface area contributed by atoms with Gasteiger partial charge < -0.3 is 19.5 Å². The van der Waals surface area contributed by atoms with Crippen LogP contribution in [-0.2, 0) is 19.0 Å². The summed E-state index contributed by atoms with van der Waals surface area (Å²) in [4.78, 5) is 11.8. The van der Waals surface area contributed by atoms with Crippen LogP contribution in [0.15, 0.2) is 24.0 Å². The molecule has 1 N–H and O–H groups in total. The molecule has 0 aromatic carbocycles. The third kappa shape index (κ3) is 4.35. The molecule has 2 rings (SSSR count). The average molecular weight is 281 g/mol. The number of likely N-dealkylation sites (N-methyl/N-ethyl adjacent to an activating group) is 1. The Labute approximate surface area is 120 Å². The summed E-state index contributed by atoms with van der Waals surface area (Å²) in [5, 5.41) is 2.90. The van der Waals surface area contributed by atoms with E-state index >= 15 is 0 Å². The van der Waals surface area contributed by atoms with Crippen molar-refractivity contribution >= 4 is 5.97 Å². The van der Waals surface area contributed by atoms with Gasteiger partial charge >= 0.3 is 5.97 Å². The highest BCUT2D eigenvalue weighted by atomic mass is 16.6. The average Bonchev–Trinajstić information content (AvgIpc) is 2.49. The molecule has 1 aliphatic carbocycles. The zero-order chi connectivity index (χ0) is 14.4. The van der Waals surface area contributed by atoms with Crippen molar-refractivity contribution in [1.29, 1.82) is 0 Å². The molecule has 0 amide bonds. The largest absolute Gasteiger partial charge is 0.488 e. The van der Waals surface area contributed by atoms with Gasteiger partial charge in [-0.05, 0) is 39.0 Å². The number of carbonyl (C=O) groups excluding carboxylic acids is 1. The van der Waals surface area contributed by atoms with Crippen LogP contribution < -0.4 is 5.32 Å². The van der Waals surface area contributed by atoms with Crippen LogP contribution in [0.4, 0.5) is 0 Å². The van der Waals surface area contributed by atoms with E-state index in [-0.39, 0.29) is 18.2 Å². The van der Waals surface area contributed by atoms with E-state index in [9.17, 15) is 4.79 Å². The Bertz CT molecular complexity index is 391. The molecule has 20 heavy (non-hydrogen) atoms. The Morgan fingerprint density at radius 1 is 1.35 bits per heavy atom. The summed E-state index contributed by atoms with van der Waals surface area (Å²) < 4.78 is 16.9. The summed E-state index contributed by atoms with van der Waals surface area (Å²) >= 11 is 0. The smallest absolute Gasteiger partial charge is 0.325 e. The van der Waals surface area contributed by atoms with Crippen LogP contribution in [0.1, 0.15) is 26.2 Å². The third-order valence-electron chi connectivity index (χ3n) is 3.40. The molecule has 1 heterocycles. The van der Waals surface area contributed by atoms with Crippen LogP contribution in [0.25, 0.3) is 0 Å². The Hall–Kier alpha value is -1.33. The van der Waals surface area contributed by atoms with Gasteiger partial charge in [0.05, 0.1) is 13.2 Å². The molecule has 5 nitrogen and oxygen atoms in total. The van der Waals surface area contributed by atoms with Gasteiger partial charge in [0.15, 0.2) is 0 Å². The number of esters is 1.